The zero-order chi connectivity index (χ0) is 16.0. The first-order valence-electron chi connectivity index (χ1n) is 5.94. The van der Waals surface area contributed by atoms with Gasteiger partial charge in [0.2, 0.25) is 5.91 Å². The number of carbonyl (C=O) groups excluding carboxylic acids is 1. The number of halogens is 3. The summed E-state index contributed by atoms with van der Waals surface area (Å²) in [5, 5.41) is 11.2. The summed E-state index contributed by atoms with van der Waals surface area (Å²) in [5.41, 5.74) is -0.0714. The Kier molecular flexibility index (Phi) is 6.07. The molecule has 0 aliphatic heterocycles. The summed E-state index contributed by atoms with van der Waals surface area (Å²) in [6.07, 6.45) is -4.37. The number of rotatable bonds is 6. The molecule has 0 heterocycles. The van der Waals surface area contributed by atoms with Crippen molar-refractivity contribution in [2.45, 2.75) is 24.9 Å². The van der Waals surface area contributed by atoms with Gasteiger partial charge in [-0.2, -0.15) is 24.9 Å². The Morgan fingerprint density at radius 2 is 1.86 bits per heavy atom. The first kappa shape index (κ1) is 17.4. The Balaban J connectivity index is 2.51. The minimum atomic E-state index is -4.37. The summed E-state index contributed by atoms with van der Waals surface area (Å²) in [4.78, 5) is 21.7. The van der Waals surface area contributed by atoms with Gasteiger partial charge in [0.25, 0.3) is 0 Å². The lowest BCUT2D eigenvalue weighted by atomic mass is 10.1. The number of hydrogen-bond acceptors (Lipinski definition) is 3. The summed E-state index contributed by atoms with van der Waals surface area (Å²) in [6, 6.07) is 3.66. The minimum Gasteiger partial charge on any atom is -0.480 e. The third kappa shape index (κ3) is 6.07. The smallest absolute Gasteiger partial charge is 0.416 e. The summed E-state index contributed by atoms with van der Waals surface area (Å²) in [5.74, 6) is -1.10. The first-order chi connectivity index (χ1) is 9.70. The molecule has 4 nitrogen and oxygen atoms in total. The predicted octanol–water partition coefficient (Wildman–Crippen LogP) is 2.53. The van der Waals surface area contributed by atoms with Crippen molar-refractivity contribution < 1.29 is 27.9 Å². The number of aliphatic carboxylic acids is 1. The molecule has 0 aromatic heterocycles. The van der Waals surface area contributed by atoms with Gasteiger partial charge in [-0.1, -0.05) is 12.1 Å². The maximum atomic E-state index is 12.4. The molecule has 21 heavy (non-hydrogen) atoms. The van der Waals surface area contributed by atoms with E-state index < -0.39 is 29.7 Å². The molecule has 2 N–H and O–H groups in total. The molecule has 1 atom stereocenters. The van der Waals surface area contributed by atoms with E-state index in [9.17, 15) is 22.8 Å². The standard InChI is InChI=1S/C13H14F3NO3S/c1-8(18)17-11(12(19)20)7-21-6-9-2-4-10(5-3-9)13(14,15)16/h2-5,11H,6-7H2,1H3,(H,17,18)(H,19,20)/t11-/m0/s1. The number of carboxylic acids is 1. The van der Waals surface area contributed by atoms with Gasteiger partial charge in [-0.25, -0.2) is 4.79 Å². The second kappa shape index (κ2) is 7.35. The molecular weight excluding hydrogens is 307 g/mol. The number of alkyl halides is 3. The van der Waals surface area contributed by atoms with Crippen LogP contribution in [0.5, 0.6) is 0 Å². The van der Waals surface area contributed by atoms with Crippen LogP contribution in [0.4, 0.5) is 13.2 Å². The van der Waals surface area contributed by atoms with Crippen molar-refractivity contribution in [2.75, 3.05) is 5.75 Å². The second-order valence-electron chi connectivity index (χ2n) is 4.30. The largest absolute Gasteiger partial charge is 0.480 e. The topological polar surface area (TPSA) is 66.4 Å². The van der Waals surface area contributed by atoms with Gasteiger partial charge < -0.3 is 10.4 Å². The van der Waals surface area contributed by atoms with Crippen LogP contribution < -0.4 is 5.32 Å². The van der Waals surface area contributed by atoms with E-state index in [2.05, 4.69) is 5.32 Å². The van der Waals surface area contributed by atoms with Gasteiger partial charge in [-0.15, -0.1) is 0 Å². The Morgan fingerprint density at radius 1 is 1.29 bits per heavy atom. The minimum absolute atomic E-state index is 0.135. The zero-order valence-corrected chi connectivity index (χ0v) is 11.9. The van der Waals surface area contributed by atoms with Crippen molar-refractivity contribution in [3.05, 3.63) is 35.4 Å². The lowest BCUT2D eigenvalue weighted by Crippen LogP contribution is -2.41. The van der Waals surface area contributed by atoms with E-state index in [1.54, 1.807) is 0 Å². The molecule has 0 spiro atoms. The fourth-order valence-electron chi connectivity index (χ4n) is 1.50. The number of hydrogen-bond donors (Lipinski definition) is 2. The van der Waals surface area contributed by atoms with Gasteiger partial charge in [0.15, 0.2) is 0 Å². The van der Waals surface area contributed by atoms with Crippen LogP contribution in [0, 0.1) is 0 Å². The van der Waals surface area contributed by atoms with Crippen molar-refractivity contribution >= 4 is 23.6 Å². The van der Waals surface area contributed by atoms with Gasteiger partial charge >= 0.3 is 12.1 Å². The molecule has 0 fully saturated rings. The van der Waals surface area contributed by atoms with Gasteiger partial charge in [0, 0.05) is 18.4 Å². The van der Waals surface area contributed by atoms with Crippen LogP contribution in [0.25, 0.3) is 0 Å². The summed E-state index contributed by atoms with van der Waals surface area (Å²) in [7, 11) is 0. The number of carbonyl (C=O) groups is 2. The molecule has 0 bridgehead atoms. The third-order valence-electron chi connectivity index (χ3n) is 2.51. The third-order valence-corrected chi connectivity index (χ3v) is 3.62. The number of amides is 1. The average molecular weight is 321 g/mol. The van der Waals surface area contributed by atoms with E-state index in [4.69, 9.17) is 5.11 Å². The lowest BCUT2D eigenvalue weighted by Gasteiger charge is -2.13. The molecule has 116 valence electrons. The molecule has 0 saturated carbocycles. The molecule has 0 saturated heterocycles. The van der Waals surface area contributed by atoms with E-state index in [-0.39, 0.29) is 5.75 Å². The van der Waals surface area contributed by atoms with Crippen molar-refractivity contribution in [3.8, 4) is 0 Å². The van der Waals surface area contributed by atoms with E-state index >= 15 is 0 Å². The average Bonchev–Trinajstić information content (AvgIpc) is 2.36. The summed E-state index contributed by atoms with van der Waals surface area (Å²) in [6.45, 7) is 1.22. The quantitative estimate of drug-likeness (QED) is 0.845. The normalized spacial score (nSPS) is 12.8. The molecule has 0 aliphatic carbocycles. The number of thioether (sulfide) groups is 1. The van der Waals surface area contributed by atoms with Crippen LogP contribution in [0.15, 0.2) is 24.3 Å². The molecule has 0 radical (unpaired) electrons. The highest BCUT2D eigenvalue weighted by molar-refractivity contribution is 7.98. The second-order valence-corrected chi connectivity index (χ2v) is 5.33. The van der Waals surface area contributed by atoms with Crippen LogP contribution in [-0.4, -0.2) is 28.8 Å². The number of carboxylic acid groups (broad SMARTS) is 1. The number of benzene rings is 1. The Bertz CT molecular complexity index is 502. The molecule has 0 unspecified atom stereocenters. The molecule has 8 heteroatoms. The highest BCUT2D eigenvalue weighted by atomic mass is 32.2. The van der Waals surface area contributed by atoms with Gasteiger partial charge in [0.05, 0.1) is 5.56 Å². The van der Waals surface area contributed by atoms with Gasteiger partial charge in [-0.05, 0) is 17.7 Å². The summed E-state index contributed by atoms with van der Waals surface area (Å²) >= 11 is 1.22. The van der Waals surface area contributed by atoms with Crippen molar-refractivity contribution in [1.29, 1.82) is 0 Å². The maximum Gasteiger partial charge on any atom is 0.416 e. The maximum absolute atomic E-state index is 12.4. The molecule has 1 aromatic rings. The monoisotopic (exact) mass is 321 g/mol. The Hall–Kier alpha value is -1.70. The fourth-order valence-corrected chi connectivity index (χ4v) is 2.51. The van der Waals surface area contributed by atoms with E-state index in [1.807, 2.05) is 0 Å². The molecule has 0 aliphatic rings. The van der Waals surface area contributed by atoms with Crippen molar-refractivity contribution in [1.82, 2.24) is 5.32 Å². The van der Waals surface area contributed by atoms with Crippen molar-refractivity contribution in [3.63, 3.8) is 0 Å². The first-order valence-corrected chi connectivity index (χ1v) is 7.09. The molecule has 1 aromatic carbocycles. The lowest BCUT2D eigenvalue weighted by molar-refractivity contribution is -0.140. The van der Waals surface area contributed by atoms with E-state index in [0.717, 1.165) is 12.1 Å². The van der Waals surface area contributed by atoms with Gasteiger partial charge in [-0.3, -0.25) is 4.79 Å². The fraction of sp³-hybridized carbons (Fsp3) is 0.385. The highest BCUT2D eigenvalue weighted by Crippen LogP contribution is 2.29. The SMILES string of the molecule is CC(=O)N[C@@H](CSCc1ccc(C(F)(F)F)cc1)C(=O)O. The van der Waals surface area contributed by atoms with Crippen LogP contribution in [-0.2, 0) is 21.5 Å². The van der Waals surface area contributed by atoms with Crippen LogP contribution in [0.3, 0.4) is 0 Å². The number of nitrogens with one attached hydrogen (secondary N) is 1. The molecule has 1 amide bonds. The van der Waals surface area contributed by atoms with Crippen molar-refractivity contribution in [2.24, 2.45) is 0 Å². The van der Waals surface area contributed by atoms with Gasteiger partial charge in [0.1, 0.15) is 6.04 Å². The van der Waals surface area contributed by atoms with Crippen LogP contribution in [0.1, 0.15) is 18.1 Å². The van der Waals surface area contributed by atoms with Crippen LogP contribution in [0.2, 0.25) is 0 Å². The predicted molar refractivity (Wildman–Crippen MR) is 72.8 cm³/mol. The Morgan fingerprint density at radius 3 is 2.29 bits per heavy atom. The van der Waals surface area contributed by atoms with E-state index in [0.29, 0.717) is 11.3 Å². The van der Waals surface area contributed by atoms with Crippen LogP contribution >= 0.6 is 11.8 Å². The Labute approximate surface area is 123 Å². The molecule has 1 rings (SSSR count). The van der Waals surface area contributed by atoms with E-state index in [1.165, 1.54) is 30.8 Å². The summed E-state index contributed by atoms with van der Waals surface area (Å²) < 4.78 is 37.1. The highest BCUT2D eigenvalue weighted by Gasteiger charge is 2.29. The zero-order valence-electron chi connectivity index (χ0n) is 11.1. The molecular formula is C13H14F3NO3S.